The van der Waals surface area contributed by atoms with Gasteiger partial charge < -0.3 is 0 Å². The number of nitrogens with zero attached hydrogens (tertiary/aromatic N) is 1. The molecule has 0 bridgehead atoms. The second-order valence-electron chi connectivity index (χ2n) is 11.9. The average Bonchev–Trinajstić information content (AvgIpc) is 3.13. The molecule has 0 amide bonds. The number of hydrogen-bond acceptors (Lipinski definition) is 1. The van der Waals surface area contributed by atoms with Gasteiger partial charge in [0.15, 0.2) is 0 Å². The Kier molecular flexibility index (Phi) is 6.21. The fraction of sp³-hybridized carbons (Fsp3) is 0. The first kappa shape index (κ1) is 26.4. The molecule has 1 aromatic heterocycles. The van der Waals surface area contributed by atoms with Gasteiger partial charge in [-0.05, 0) is 88.3 Å². The van der Waals surface area contributed by atoms with E-state index < -0.39 is 0 Å². The molecular formula is C45H29N. The molecule has 9 aromatic rings. The minimum atomic E-state index is 1.16. The van der Waals surface area contributed by atoms with Crippen LogP contribution in [-0.2, 0) is 0 Å². The fourth-order valence-corrected chi connectivity index (χ4v) is 7.41. The molecule has 1 nitrogen and oxygen atoms in total. The van der Waals surface area contributed by atoms with Gasteiger partial charge in [-0.25, -0.2) is 0 Å². The highest BCUT2D eigenvalue weighted by Crippen LogP contribution is 2.46. The van der Waals surface area contributed by atoms with Crippen molar-refractivity contribution in [3.63, 3.8) is 0 Å². The van der Waals surface area contributed by atoms with Crippen molar-refractivity contribution in [3.8, 4) is 44.5 Å². The lowest BCUT2D eigenvalue weighted by molar-refractivity contribution is 1.37. The number of benzene rings is 8. The molecule has 46 heavy (non-hydrogen) atoms. The summed E-state index contributed by atoms with van der Waals surface area (Å²) in [5, 5.41) is 9.93. The van der Waals surface area contributed by atoms with Crippen molar-refractivity contribution < 1.29 is 0 Å². The molecule has 1 heteroatoms. The number of rotatable bonds is 4. The normalized spacial score (nSPS) is 11.5. The Morgan fingerprint density at radius 1 is 0.239 bits per heavy atom. The van der Waals surface area contributed by atoms with Gasteiger partial charge in [-0.1, -0.05) is 158 Å². The highest BCUT2D eigenvalue weighted by molar-refractivity contribution is 6.23. The predicted molar refractivity (Wildman–Crippen MR) is 196 cm³/mol. The molecule has 0 atom stereocenters. The minimum Gasteiger partial charge on any atom is -0.264 e. The Morgan fingerprint density at radius 3 is 0.891 bits per heavy atom. The van der Waals surface area contributed by atoms with Gasteiger partial charge in [-0.2, -0.15) is 0 Å². The van der Waals surface area contributed by atoms with Gasteiger partial charge in [-0.15, -0.1) is 0 Å². The Labute approximate surface area is 268 Å². The molecule has 0 saturated carbocycles. The number of hydrogen-bond donors (Lipinski definition) is 0. The molecule has 0 radical (unpaired) electrons. The lowest BCUT2D eigenvalue weighted by Crippen LogP contribution is -1.92. The van der Waals surface area contributed by atoms with Crippen LogP contribution in [0.25, 0.3) is 87.6 Å². The summed E-state index contributed by atoms with van der Waals surface area (Å²) in [6, 6.07) is 59.3. The maximum Gasteiger partial charge on any atom is 0.0353 e. The van der Waals surface area contributed by atoms with Gasteiger partial charge in [0.05, 0.1) is 0 Å². The summed E-state index contributed by atoms with van der Waals surface area (Å²) in [7, 11) is 0. The standard InChI is InChI=1S/C45H29N/c1-3-13-30(14-4-1)42-34-17-7-9-19-36(34)44(37-20-10-8-18-35(37)42)32-23-25-33(26-24-32)45-39-22-12-11-21-38(39)43(31-15-5-2-6-16-31)40-27-28-46-29-41(40)45/h1-29H. The molecule has 8 aromatic carbocycles. The van der Waals surface area contributed by atoms with Gasteiger partial charge in [0.1, 0.15) is 0 Å². The van der Waals surface area contributed by atoms with Gasteiger partial charge >= 0.3 is 0 Å². The molecule has 0 unspecified atom stereocenters. The van der Waals surface area contributed by atoms with Crippen molar-refractivity contribution in [2.75, 3.05) is 0 Å². The predicted octanol–water partition coefficient (Wildman–Crippen LogP) is 12.4. The van der Waals surface area contributed by atoms with Crippen LogP contribution in [0.1, 0.15) is 0 Å². The third-order valence-corrected chi connectivity index (χ3v) is 9.34. The van der Waals surface area contributed by atoms with Crippen molar-refractivity contribution in [3.05, 3.63) is 176 Å². The number of aromatic nitrogens is 1. The first-order valence-corrected chi connectivity index (χ1v) is 15.8. The van der Waals surface area contributed by atoms with Gasteiger partial charge in [0.25, 0.3) is 0 Å². The summed E-state index contributed by atoms with van der Waals surface area (Å²) in [5.74, 6) is 0. The lowest BCUT2D eigenvalue weighted by atomic mass is 9.84. The highest BCUT2D eigenvalue weighted by atomic mass is 14.6. The lowest BCUT2D eigenvalue weighted by Gasteiger charge is -2.19. The van der Waals surface area contributed by atoms with Crippen molar-refractivity contribution in [1.82, 2.24) is 4.98 Å². The third kappa shape index (κ3) is 4.13. The Balaban J connectivity index is 1.28. The van der Waals surface area contributed by atoms with Gasteiger partial charge in [0, 0.05) is 17.8 Å². The van der Waals surface area contributed by atoms with E-state index in [-0.39, 0.29) is 0 Å². The molecule has 0 spiro atoms. The first-order valence-electron chi connectivity index (χ1n) is 15.8. The van der Waals surface area contributed by atoms with Gasteiger partial charge in [-0.3, -0.25) is 4.98 Å². The second kappa shape index (κ2) is 10.8. The van der Waals surface area contributed by atoms with Crippen LogP contribution >= 0.6 is 0 Å². The summed E-state index contributed by atoms with van der Waals surface area (Å²) in [6.07, 6.45) is 3.94. The van der Waals surface area contributed by atoms with Crippen molar-refractivity contribution in [2.24, 2.45) is 0 Å². The Morgan fingerprint density at radius 2 is 0.522 bits per heavy atom. The zero-order chi connectivity index (χ0) is 30.5. The maximum absolute atomic E-state index is 4.61. The molecule has 1 heterocycles. The molecular weight excluding hydrogens is 555 g/mol. The Bertz CT molecular complexity index is 2250. The molecule has 0 aliphatic heterocycles. The molecule has 9 rings (SSSR count). The zero-order valence-electron chi connectivity index (χ0n) is 25.2. The summed E-state index contributed by atoms with van der Waals surface area (Å²) < 4.78 is 0. The van der Waals surface area contributed by atoms with Crippen LogP contribution in [0.2, 0.25) is 0 Å². The van der Waals surface area contributed by atoms with Crippen molar-refractivity contribution in [2.45, 2.75) is 0 Å². The van der Waals surface area contributed by atoms with Crippen LogP contribution in [-0.4, -0.2) is 4.98 Å². The summed E-state index contributed by atoms with van der Waals surface area (Å²) >= 11 is 0. The van der Waals surface area contributed by atoms with E-state index in [4.69, 9.17) is 0 Å². The van der Waals surface area contributed by atoms with Crippen molar-refractivity contribution in [1.29, 1.82) is 0 Å². The molecule has 0 aliphatic rings. The van der Waals surface area contributed by atoms with Crippen LogP contribution in [0.4, 0.5) is 0 Å². The monoisotopic (exact) mass is 583 g/mol. The first-order chi connectivity index (χ1) is 22.9. The van der Waals surface area contributed by atoms with Crippen LogP contribution in [0.15, 0.2) is 176 Å². The highest BCUT2D eigenvalue weighted by Gasteiger charge is 2.19. The molecule has 0 aliphatic carbocycles. The van der Waals surface area contributed by atoms with E-state index in [0.29, 0.717) is 0 Å². The summed E-state index contributed by atoms with van der Waals surface area (Å²) in [5.41, 5.74) is 9.89. The number of pyridine rings is 1. The second-order valence-corrected chi connectivity index (χ2v) is 11.9. The van der Waals surface area contributed by atoms with E-state index in [9.17, 15) is 0 Å². The molecule has 214 valence electrons. The molecule has 0 fully saturated rings. The van der Waals surface area contributed by atoms with Gasteiger partial charge in [0.2, 0.25) is 0 Å². The third-order valence-electron chi connectivity index (χ3n) is 9.34. The van der Waals surface area contributed by atoms with Crippen LogP contribution in [0.3, 0.4) is 0 Å². The molecule has 0 N–H and O–H groups in total. The van der Waals surface area contributed by atoms with Crippen molar-refractivity contribution >= 4 is 43.1 Å². The number of fused-ring (bicyclic) bond motifs is 4. The van der Waals surface area contributed by atoms with E-state index >= 15 is 0 Å². The fourth-order valence-electron chi connectivity index (χ4n) is 7.41. The van der Waals surface area contributed by atoms with E-state index in [1.807, 2.05) is 12.4 Å². The summed E-state index contributed by atoms with van der Waals surface area (Å²) in [4.78, 5) is 4.61. The van der Waals surface area contributed by atoms with Crippen LogP contribution < -0.4 is 0 Å². The quantitative estimate of drug-likeness (QED) is 0.188. The van der Waals surface area contributed by atoms with E-state index in [1.165, 1.54) is 82.2 Å². The largest absolute Gasteiger partial charge is 0.264 e. The Hall–Kier alpha value is -6.05. The minimum absolute atomic E-state index is 1.16. The average molecular weight is 584 g/mol. The van der Waals surface area contributed by atoms with E-state index in [0.717, 1.165) is 5.39 Å². The van der Waals surface area contributed by atoms with Crippen LogP contribution in [0.5, 0.6) is 0 Å². The summed E-state index contributed by atoms with van der Waals surface area (Å²) in [6.45, 7) is 0. The smallest absolute Gasteiger partial charge is 0.0353 e. The topological polar surface area (TPSA) is 12.9 Å². The van der Waals surface area contributed by atoms with E-state index in [1.54, 1.807) is 0 Å². The zero-order valence-corrected chi connectivity index (χ0v) is 25.2. The maximum atomic E-state index is 4.61. The SMILES string of the molecule is c1ccc(-c2c3ccccc3c(-c3ccc(-c4c5ccccc5c(-c5ccccc5)c5ccncc45)cc3)c3ccccc23)cc1. The van der Waals surface area contributed by atoms with Crippen LogP contribution in [0, 0.1) is 0 Å². The van der Waals surface area contributed by atoms with E-state index in [2.05, 4.69) is 169 Å². The molecule has 0 saturated heterocycles.